The Morgan fingerprint density at radius 1 is 1.37 bits per heavy atom. The average molecular weight is 287 g/mol. The van der Waals surface area contributed by atoms with Gasteiger partial charge in [0, 0.05) is 25.4 Å². The van der Waals surface area contributed by atoms with Crippen molar-refractivity contribution in [2.45, 2.75) is 24.5 Å². The smallest absolute Gasteiger partial charge is 0.284 e. The SMILES string of the molecule is FC(F)SCc1ccc(CNCCc2ncc[nH]2)o1. The first kappa shape index (κ1) is 14.1. The topological polar surface area (TPSA) is 53.9 Å². The van der Waals surface area contributed by atoms with Crippen LogP contribution in [0.25, 0.3) is 0 Å². The van der Waals surface area contributed by atoms with Gasteiger partial charge in [0.15, 0.2) is 0 Å². The van der Waals surface area contributed by atoms with Gasteiger partial charge in [-0.25, -0.2) is 4.98 Å². The van der Waals surface area contributed by atoms with Crippen LogP contribution in [0.3, 0.4) is 0 Å². The van der Waals surface area contributed by atoms with Crippen LogP contribution >= 0.6 is 11.8 Å². The molecular formula is C12H15F2N3OS. The van der Waals surface area contributed by atoms with Crippen molar-refractivity contribution < 1.29 is 13.2 Å². The van der Waals surface area contributed by atoms with E-state index in [-0.39, 0.29) is 5.75 Å². The Morgan fingerprint density at radius 3 is 2.95 bits per heavy atom. The lowest BCUT2D eigenvalue weighted by molar-refractivity contribution is 0.251. The van der Waals surface area contributed by atoms with Crippen molar-refractivity contribution in [1.82, 2.24) is 15.3 Å². The number of furan rings is 1. The number of alkyl halides is 2. The van der Waals surface area contributed by atoms with Crippen LogP contribution in [0, 0.1) is 0 Å². The highest BCUT2D eigenvalue weighted by atomic mass is 32.2. The van der Waals surface area contributed by atoms with E-state index in [2.05, 4.69) is 15.3 Å². The van der Waals surface area contributed by atoms with Crippen molar-refractivity contribution in [2.75, 3.05) is 6.54 Å². The van der Waals surface area contributed by atoms with Crippen molar-refractivity contribution in [3.8, 4) is 0 Å². The summed E-state index contributed by atoms with van der Waals surface area (Å²) in [6, 6.07) is 3.54. The number of aromatic nitrogens is 2. The predicted octanol–water partition coefficient (Wildman–Crippen LogP) is 2.79. The number of thioether (sulfide) groups is 1. The largest absolute Gasteiger partial charge is 0.464 e. The van der Waals surface area contributed by atoms with Crippen LogP contribution in [0.5, 0.6) is 0 Å². The summed E-state index contributed by atoms with van der Waals surface area (Å²) < 4.78 is 29.5. The first-order valence-electron chi connectivity index (χ1n) is 5.90. The van der Waals surface area contributed by atoms with Gasteiger partial charge in [0.05, 0.1) is 12.3 Å². The molecule has 4 nitrogen and oxygen atoms in total. The van der Waals surface area contributed by atoms with E-state index in [1.54, 1.807) is 24.5 Å². The van der Waals surface area contributed by atoms with Crippen molar-refractivity contribution in [3.05, 3.63) is 41.9 Å². The van der Waals surface area contributed by atoms with Gasteiger partial charge in [-0.3, -0.25) is 0 Å². The van der Waals surface area contributed by atoms with Crippen LogP contribution in [-0.4, -0.2) is 22.3 Å². The molecule has 0 unspecified atom stereocenters. The molecule has 0 spiro atoms. The quantitative estimate of drug-likeness (QED) is 0.733. The molecule has 0 aromatic carbocycles. The molecule has 0 saturated heterocycles. The number of hydrogen-bond acceptors (Lipinski definition) is 4. The highest BCUT2D eigenvalue weighted by Gasteiger charge is 2.07. The summed E-state index contributed by atoms with van der Waals surface area (Å²) in [4.78, 5) is 7.13. The maximum atomic E-state index is 12.0. The highest BCUT2D eigenvalue weighted by Crippen LogP contribution is 2.21. The van der Waals surface area contributed by atoms with Crippen LogP contribution in [0.4, 0.5) is 8.78 Å². The molecule has 7 heteroatoms. The number of halogens is 2. The summed E-state index contributed by atoms with van der Waals surface area (Å²) in [6.07, 6.45) is 4.31. The van der Waals surface area contributed by atoms with E-state index < -0.39 is 5.76 Å². The van der Waals surface area contributed by atoms with E-state index in [1.807, 2.05) is 0 Å². The number of hydrogen-bond donors (Lipinski definition) is 2. The van der Waals surface area contributed by atoms with Crippen LogP contribution in [-0.2, 0) is 18.7 Å². The maximum Gasteiger partial charge on any atom is 0.284 e. The van der Waals surface area contributed by atoms with Crippen LogP contribution < -0.4 is 5.32 Å². The lowest BCUT2D eigenvalue weighted by Gasteiger charge is -2.01. The summed E-state index contributed by atoms with van der Waals surface area (Å²) in [5.41, 5.74) is 0. The highest BCUT2D eigenvalue weighted by molar-refractivity contribution is 7.98. The first-order chi connectivity index (χ1) is 9.24. The van der Waals surface area contributed by atoms with Crippen molar-refractivity contribution in [3.63, 3.8) is 0 Å². The van der Waals surface area contributed by atoms with Crippen molar-refractivity contribution >= 4 is 11.8 Å². The van der Waals surface area contributed by atoms with E-state index in [1.165, 1.54) is 0 Å². The Labute approximate surface area is 114 Å². The summed E-state index contributed by atoms with van der Waals surface area (Å²) in [5.74, 6) is 0.0998. The molecule has 0 aliphatic heterocycles. The predicted molar refractivity (Wildman–Crippen MR) is 70.0 cm³/mol. The summed E-state index contributed by atoms with van der Waals surface area (Å²) in [7, 11) is 0. The molecule has 0 aliphatic rings. The molecule has 0 aliphatic carbocycles. The van der Waals surface area contributed by atoms with Gasteiger partial charge in [0.2, 0.25) is 0 Å². The fraction of sp³-hybridized carbons (Fsp3) is 0.417. The fourth-order valence-electron chi connectivity index (χ4n) is 1.59. The molecule has 2 aromatic rings. The Bertz CT molecular complexity index is 473. The van der Waals surface area contributed by atoms with E-state index in [4.69, 9.17) is 4.42 Å². The standard InChI is InChI=1S/C12H15F2N3OS/c13-12(14)19-8-10-2-1-9(18-10)7-15-4-3-11-16-5-6-17-11/h1-2,5-6,12,15H,3-4,7-8H2,(H,16,17). The molecule has 2 rings (SSSR count). The van der Waals surface area contributed by atoms with Gasteiger partial charge in [-0.1, -0.05) is 11.8 Å². The normalized spacial score (nSPS) is 11.3. The van der Waals surface area contributed by atoms with Gasteiger partial charge in [-0.05, 0) is 12.1 Å². The van der Waals surface area contributed by atoms with Crippen LogP contribution in [0.1, 0.15) is 17.3 Å². The van der Waals surface area contributed by atoms with Gasteiger partial charge in [-0.2, -0.15) is 8.78 Å². The Balaban J connectivity index is 1.65. The minimum atomic E-state index is -2.36. The molecule has 2 N–H and O–H groups in total. The van der Waals surface area contributed by atoms with Crippen LogP contribution in [0.2, 0.25) is 0 Å². The zero-order valence-corrected chi connectivity index (χ0v) is 11.1. The average Bonchev–Trinajstić information content (AvgIpc) is 3.04. The Kier molecular flexibility index (Phi) is 5.41. The maximum absolute atomic E-state index is 12.0. The Morgan fingerprint density at radius 2 is 2.21 bits per heavy atom. The van der Waals surface area contributed by atoms with Gasteiger partial charge in [0.1, 0.15) is 17.3 Å². The number of nitrogens with zero attached hydrogens (tertiary/aromatic N) is 1. The van der Waals surface area contributed by atoms with Gasteiger partial charge >= 0.3 is 0 Å². The third kappa shape index (κ3) is 5.04. The molecule has 104 valence electrons. The second-order valence-corrected chi connectivity index (χ2v) is 4.88. The summed E-state index contributed by atoms with van der Waals surface area (Å²) in [5, 5.41) is 3.21. The first-order valence-corrected chi connectivity index (χ1v) is 6.95. The molecule has 2 heterocycles. The molecule has 0 radical (unpaired) electrons. The number of rotatable bonds is 8. The van der Waals surface area contributed by atoms with Crippen LogP contribution in [0.15, 0.2) is 28.9 Å². The molecule has 2 aromatic heterocycles. The van der Waals surface area contributed by atoms with E-state index >= 15 is 0 Å². The minimum absolute atomic E-state index is 0.198. The number of imidazole rings is 1. The summed E-state index contributed by atoms with van der Waals surface area (Å²) in [6.45, 7) is 1.36. The van der Waals surface area contributed by atoms with Gasteiger partial charge in [-0.15, -0.1) is 0 Å². The second kappa shape index (κ2) is 7.30. The molecule has 0 fully saturated rings. The second-order valence-electron chi connectivity index (χ2n) is 3.90. The Hall–Kier alpha value is -1.34. The lowest BCUT2D eigenvalue weighted by atomic mass is 10.4. The number of aromatic amines is 1. The zero-order chi connectivity index (χ0) is 13.5. The minimum Gasteiger partial charge on any atom is -0.464 e. The molecule has 0 amide bonds. The lowest BCUT2D eigenvalue weighted by Crippen LogP contribution is -2.16. The number of H-pyrrole nitrogens is 1. The van der Waals surface area contributed by atoms with Crippen molar-refractivity contribution in [2.24, 2.45) is 0 Å². The third-order valence-electron chi connectivity index (χ3n) is 2.46. The number of nitrogens with one attached hydrogen (secondary N) is 2. The van der Waals surface area contributed by atoms with Gasteiger partial charge < -0.3 is 14.7 Å². The molecule has 0 bridgehead atoms. The zero-order valence-electron chi connectivity index (χ0n) is 10.2. The van der Waals surface area contributed by atoms with Gasteiger partial charge in [0.25, 0.3) is 5.76 Å². The van der Waals surface area contributed by atoms with E-state index in [9.17, 15) is 8.78 Å². The van der Waals surface area contributed by atoms with E-state index in [0.717, 1.165) is 24.6 Å². The molecule has 19 heavy (non-hydrogen) atoms. The molecule has 0 atom stereocenters. The van der Waals surface area contributed by atoms with E-state index in [0.29, 0.717) is 24.1 Å². The van der Waals surface area contributed by atoms with Crippen molar-refractivity contribution in [1.29, 1.82) is 0 Å². The summed E-state index contributed by atoms with van der Waals surface area (Å²) >= 11 is 0.564. The third-order valence-corrected chi connectivity index (χ3v) is 3.16. The fourth-order valence-corrected chi connectivity index (χ4v) is 2.04. The molecular weight excluding hydrogens is 272 g/mol. The monoisotopic (exact) mass is 287 g/mol. The molecule has 0 saturated carbocycles.